The highest BCUT2D eigenvalue weighted by molar-refractivity contribution is 6.39. The number of nitrogens with zero attached hydrogens (tertiary/aromatic N) is 2. The summed E-state index contributed by atoms with van der Waals surface area (Å²) in [5.41, 5.74) is 1.77. The third-order valence-electron chi connectivity index (χ3n) is 5.26. The number of carbonyl (C=O) groups excluding carboxylic acids is 3. The van der Waals surface area contributed by atoms with Crippen LogP contribution in [0.15, 0.2) is 53.6 Å². The van der Waals surface area contributed by atoms with Crippen molar-refractivity contribution in [3.63, 3.8) is 0 Å². The summed E-state index contributed by atoms with van der Waals surface area (Å²) in [6, 6.07) is 13.9. The van der Waals surface area contributed by atoms with E-state index in [2.05, 4.69) is 10.4 Å². The highest BCUT2D eigenvalue weighted by Gasteiger charge is 2.27. The number of benzene rings is 2. The van der Waals surface area contributed by atoms with E-state index in [4.69, 9.17) is 14.2 Å². The van der Waals surface area contributed by atoms with Gasteiger partial charge in [-0.25, -0.2) is 5.01 Å². The zero-order valence-electron chi connectivity index (χ0n) is 18.9. The minimum atomic E-state index is -0.687. The van der Waals surface area contributed by atoms with Gasteiger partial charge in [0.2, 0.25) is 5.91 Å². The fourth-order valence-electron chi connectivity index (χ4n) is 3.46. The lowest BCUT2D eigenvalue weighted by Crippen LogP contribution is -2.40. The van der Waals surface area contributed by atoms with E-state index in [0.717, 1.165) is 5.56 Å². The van der Waals surface area contributed by atoms with Gasteiger partial charge in [-0.1, -0.05) is 36.4 Å². The van der Waals surface area contributed by atoms with Gasteiger partial charge in [-0.05, 0) is 23.3 Å². The summed E-state index contributed by atoms with van der Waals surface area (Å²) in [4.78, 5) is 37.4. The van der Waals surface area contributed by atoms with Gasteiger partial charge in [0.25, 0.3) is 5.91 Å². The van der Waals surface area contributed by atoms with Crippen LogP contribution in [0, 0.1) is 0 Å². The first kappa shape index (κ1) is 23.8. The Labute approximate surface area is 192 Å². The molecule has 0 radical (unpaired) electrons. The Morgan fingerprint density at radius 3 is 2.42 bits per heavy atom. The van der Waals surface area contributed by atoms with E-state index >= 15 is 0 Å². The Morgan fingerprint density at radius 1 is 1.03 bits per heavy atom. The molecule has 2 aromatic rings. The molecule has 0 spiro atoms. The Bertz CT molecular complexity index is 1040. The van der Waals surface area contributed by atoms with Gasteiger partial charge >= 0.3 is 5.97 Å². The maximum atomic E-state index is 13.0. The topological polar surface area (TPSA) is 107 Å². The van der Waals surface area contributed by atoms with Crippen molar-refractivity contribution < 1.29 is 28.6 Å². The quantitative estimate of drug-likeness (QED) is 0.585. The maximum Gasteiger partial charge on any atom is 0.307 e. The number of esters is 1. The summed E-state index contributed by atoms with van der Waals surface area (Å²) in [5, 5.41) is 8.45. The molecule has 0 saturated carbocycles. The molecule has 1 aliphatic heterocycles. The second kappa shape index (κ2) is 11.1. The Morgan fingerprint density at radius 2 is 1.76 bits per heavy atom. The minimum absolute atomic E-state index is 0.0857. The van der Waals surface area contributed by atoms with Crippen LogP contribution in [-0.2, 0) is 25.7 Å². The summed E-state index contributed by atoms with van der Waals surface area (Å²) >= 11 is 0. The largest absolute Gasteiger partial charge is 0.493 e. The van der Waals surface area contributed by atoms with Gasteiger partial charge in [0.15, 0.2) is 11.5 Å². The third-order valence-corrected chi connectivity index (χ3v) is 5.26. The number of ether oxygens (including phenoxy) is 3. The second-order valence-electron chi connectivity index (χ2n) is 7.40. The number of hydrogen-bond acceptors (Lipinski definition) is 7. The summed E-state index contributed by atoms with van der Waals surface area (Å²) in [7, 11) is 4.31. The van der Waals surface area contributed by atoms with Crippen molar-refractivity contribution in [1.82, 2.24) is 10.3 Å². The van der Waals surface area contributed by atoms with Gasteiger partial charge in [0, 0.05) is 12.8 Å². The summed E-state index contributed by atoms with van der Waals surface area (Å²) < 4.78 is 15.4. The van der Waals surface area contributed by atoms with Crippen LogP contribution in [0.3, 0.4) is 0 Å². The number of methoxy groups -OCH3 is 3. The molecule has 1 unspecified atom stereocenters. The molecule has 0 saturated heterocycles. The van der Waals surface area contributed by atoms with E-state index in [9.17, 15) is 14.4 Å². The van der Waals surface area contributed by atoms with Gasteiger partial charge in [-0.3, -0.25) is 14.4 Å². The van der Waals surface area contributed by atoms with Crippen LogP contribution >= 0.6 is 0 Å². The number of carbonyl (C=O) groups is 3. The molecule has 3 rings (SSSR count). The molecule has 1 atom stereocenters. The Kier molecular flexibility index (Phi) is 8.01. The molecule has 174 valence electrons. The number of nitrogens with one attached hydrogen (secondary N) is 1. The van der Waals surface area contributed by atoms with E-state index in [1.54, 1.807) is 18.2 Å². The normalized spacial score (nSPS) is 14.2. The average molecular weight is 453 g/mol. The number of rotatable bonds is 9. The highest BCUT2D eigenvalue weighted by atomic mass is 16.5. The van der Waals surface area contributed by atoms with Gasteiger partial charge < -0.3 is 19.5 Å². The van der Waals surface area contributed by atoms with Crippen molar-refractivity contribution in [2.45, 2.75) is 31.8 Å². The predicted molar refractivity (Wildman–Crippen MR) is 121 cm³/mol. The molecule has 1 aliphatic rings. The van der Waals surface area contributed by atoms with E-state index in [0.29, 0.717) is 17.1 Å². The summed E-state index contributed by atoms with van der Waals surface area (Å²) in [6.45, 7) is 0.276. The first-order chi connectivity index (χ1) is 15.9. The molecule has 9 heteroatoms. The van der Waals surface area contributed by atoms with Crippen molar-refractivity contribution in [2.24, 2.45) is 5.10 Å². The molecule has 1 heterocycles. The molecule has 0 aromatic heterocycles. The van der Waals surface area contributed by atoms with Crippen LogP contribution in [-0.4, -0.2) is 49.8 Å². The van der Waals surface area contributed by atoms with Crippen LogP contribution in [0.1, 0.15) is 36.4 Å². The molecule has 2 amide bonds. The molecule has 33 heavy (non-hydrogen) atoms. The lowest BCUT2D eigenvalue weighted by atomic mass is 10.0. The zero-order chi connectivity index (χ0) is 23.8. The molecule has 1 N–H and O–H groups in total. The second-order valence-corrected chi connectivity index (χ2v) is 7.40. The Balaban J connectivity index is 1.81. The molecule has 0 aliphatic carbocycles. The van der Waals surface area contributed by atoms with E-state index in [-0.39, 0.29) is 37.4 Å². The molecule has 2 aromatic carbocycles. The van der Waals surface area contributed by atoms with Crippen LogP contribution < -0.4 is 14.8 Å². The monoisotopic (exact) mass is 453 g/mol. The van der Waals surface area contributed by atoms with Gasteiger partial charge in [0.05, 0.1) is 40.3 Å². The summed E-state index contributed by atoms with van der Waals surface area (Å²) in [5.74, 6) is -0.0999. The summed E-state index contributed by atoms with van der Waals surface area (Å²) in [6.07, 6.45) is 0.307. The lowest BCUT2D eigenvalue weighted by molar-refractivity contribution is -0.141. The molecular formula is C24H27N3O6. The van der Waals surface area contributed by atoms with E-state index < -0.39 is 17.9 Å². The minimum Gasteiger partial charge on any atom is -0.493 e. The van der Waals surface area contributed by atoms with Gasteiger partial charge in [0.1, 0.15) is 5.71 Å². The number of hydrogen-bond donors (Lipinski definition) is 1. The number of hydrazone groups is 1. The van der Waals surface area contributed by atoms with Gasteiger partial charge in [-0.2, -0.15) is 5.10 Å². The van der Waals surface area contributed by atoms with Crippen molar-refractivity contribution in [3.05, 3.63) is 59.7 Å². The van der Waals surface area contributed by atoms with E-state index in [1.165, 1.54) is 26.3 Å². The first-order valence-electron chi connectivity index (χ1n) is 10.5. The van der Waals surface area contributed by atoms with Crippen molar-refractivity contribution >= 4 is 23.5 Å². The Hall–Kier alpha value is -3.88. The van der Waals surface area contributed by atoms with Crippen molar-refractivity contribution in [2.75, 3.05) is 21.3 Å². The number of amides is 2. The van der Waals surface area contributed by atoms with Crippen LogP contribution in [0.2, 0.25) is 0 Å². The fourth-order valence-corrected chi connectivity index (χ4v) is 3.46. The zero-order valence-corrected chi connectivity index (χ0v) is 18.9. The first-order valence-corrected chi connectivity index (χ1v) is 10.5. The predicted octanol–water partition coefficient (Wildman–Crippen LogP) is 2.60. The smallest absolute Gasteiger partial charge is 0.307 e. The lowest BCUT2D eigenvalue weighted by Gasteiger charge is -2.25. The van der Waals surface area contributed by atoms with Crippen molar-refractivity contribution in [1.29, 1.82) is 0 Å². The molecule has 0 fully saturated rings. The molecule has 9 nitrogen and oxygen atoms in total. The SMILES string of the molecule is COC(=O)CC(NC(=O)C1=NN(Cc2ccccc2)C(=O)CC1)c1ccc(OC)c(OC)c1. The van der Waals surface area contributed by atoms with E-state index in [1.807, 2.05) is 30.3 Å². The van der Waals surface area contributed by atoms with Crippen molar-refractivity contribution in [3.8, 4) is 11.5 Å². The highest BCUT2D eigenvalue weighted by Crippen LogP contribution is 2.31. The van der Waals surface area contributed by atoms with Crippen LogP contribution in [0.25, 0.3) is 0 Å². The fraction of sp³-hybridized carbons (Fsp3) is 0.333. The average Bonchev–Trinajstić information content (AvgIpc) is 2.84. The maximum absolute atomic E-state index is 13.0. The molecular weight excluding hydrogens is 426 g/mol. The third kappa shape index (κ3) is 6.09. The van der Waals surface area contributed by atoms with Crippen LogP contribution in [0.4, 0.5) is 0 Å². The van der Waals surface area contributed by atoms with Gasteiger partial charge in [-0.15, -0.1) is 0 Å². The van der Waals surface area contributed by atoms with Crippen LogP contribution in [0.5, 0.6) is 11.5 Å². The standard InChI is InChI=1S/C24H27N3O6/c1-31-20-11-9-17(13-21(20)32-2)19(14-23(29)33-3)25-24(30)18-10-12-22(28)27(26-18)15-16-7-5-4-6-8-16/h4-9,11,13,19H,10,12,14-15H2,1-3H3,(H,25,30). The molecule has 0 bridgehead atoms.